The lowest BCUT2D eigenvalue weighted by molar-refractivity contribution is -0.148. The standard InChI is InChI=1S/C23H26N2O5/c1-17(11-12-18-7-3-2-4-8-18)24-21(26)15-30-23(28)13-14-25-19-9-5-6-10-20(19)29-16-22(25)27/h2-10,17H,11-16H2,1H3,(H,24,26)/t17-/m0/s1. The second-order valence-corrected chi connectivity index (χ2v) is 7.21. The summed E-state index contributed by atoms with van der Waals surface area (Å²) in [5.74, 6) is -0.476. The zero-order valence-corrected chi connectivity index (χ0v) is 17.0. The van der Waals surface area contributed by atoms with Crippen molar-refractivity contribution in [3.05, 3.63) is 60.2 Å². The molecule has 30 heavy (non-hydrogen) atoms. The number of nitrogens with one attached hydrogen (secondary N) is 1. The van der Waals surface area contributed by atoms with Crippen molar-refractivity contribution in [1.82, 2.24) is 5.32 Å². The minimum Gasteiger partial charge on any atom is -0.482 e. The van der Waals surface area contributed by atoms with Gasteiger partial charge >= 0.3 is 5.97 Å². The normalized spacial score (nSPS) is 13.8. The highest BCUT2D eigenvalue weighted by Gasteiger charge is 2.25. The van der Waals surface area contributed by atoms with Gasteiger partial charge in [-0.15, -0.1) is 0 Å². The predicted molar refractivity (Wildman–Crippen MR) is 112 cm³/mol. The molecule has 1 atom stereocenters. The summed E-state index contributed by atoms with van der Waals surface area (Å²) in [6.07, 6.45) is 1.65. The Morgan fingerprint density at radius 1 is 1.13 bits per heavy atom. The maximum absolute atomic E-state index is 12.1. The number of esters is 1. The molecule has 0 aromatic heterocycles. The number of hydrogen-bond acceptors (Lipinski definition) is 5. The van der Waals surface area contributed by atoms with Crippen molar-refractivity contribution in [3.63, 3.8) is 0 Å². The Labute approximate surface area is 176 Å². The fourth-order valence-electron chi connectivity index (χ4n) is 3.24. The maximum atomic E-state index is 12.1. The number of rotatable bonds is 9. The summed E-state index contributed by atoms with van der Waals surface area (Å²) in [5, 5.41) is 2.83. The number of benzene rings is 2. The van der Waals surface area contributed by atoms with Crippen molar-refractivity contribution >= 4 is 23.5 Å². The molecule has 0 bridgehead atoms. The topological polar surface area (TPSA) is 84.9 Å². The molecule has 158 valence electrons. The van der Waals surface area contributed by atoms with Gasteiger partial charge in [-0.2, -0.15) is 0 Å². The van der Waals surface area contributed by atoms with Crippen LogP contribution in [0.5, 0.6) is 5.75 Å². The van der Waals surface area contributed by atoms with Crippen LogP contribution in [0.1, 0.15) is 25.3 Å². The molecule has 2 amide bonds. The first-order valence-electron chi connectivity index (χ1n) is 10.0. The van der Waals surface area contributed by atoms with Gasteiger partial charge in [0.15, 0.2) is 13.2 Å². The van der Waals surface area contributed by atoms with E-state index in [1.54, 1.807) is 18.2 Å². The molecular weight excluding hydrogens is 384 g/mol. The van der Waals surface area contributed by atoms with E-state index in [4.69, 9.17) is 9.47 Å². The van der Waals surface area contributed by atoms with Gasteiger partial charge in [0.25, 0.3) is 11.8 Å². The summed E-state index contributed by atoms with van der Waals surface area (Å²) in [6, 6.07) is 17.2. The number of para-hydroxylation sites is 2. The van der Waals surface area contributed by atoms with E-state index in [1.165, 1.54) is 10.5 Å². The van der Waals surface area contributed by atoms with Gasteiger partial charge in [0, 0.05) is 12.6 Å². The van der Waals surface area contributed by atoms with Gasteiger partial charge in [0.2, 0.25) is 0 Å². The first kappa shape index (κ1) is 21.4. The van der Waals surface area contributed by atoms with Crippen LogP contribution in [0.3, 0.4) is 0 Å². The van der Waals surface area contributed by atoms with Gasteiger partial charge in [-0.25, -0.2) is 0 Å². The molecule has 7 heteroatoms. The van der Waals surface area contributed by atoms with Gasteiger partial charge in [-0.05, 0) is 37.5 Å². The Balaban J connectivity index is 1.37. The van der Waals surface area contributed by atoms with E-state index in [0.717, 1.165) is 12.8 Å². The molecule has 0 saturated heterocycles. The first-order valence-corrected chi connectivity index (χ1v) is 10.0. The van der Waals surface area contributed by atoms with E-state index in [2.05, 4.69) is 5.32 Å². The lowest BCUT2D eigenvalue weighted by Gasteiger charge is -2.28. The largest absolute Gasteiger partial charge is 0.482 e. The molecule has 0 spiro atoms. The van der Waals surface area contributed by atoms with E-state index in [-0.39, 0.29) is 44.0 Å². The van der Waals surface area contributed by atoms with Crippen LogP contribution in [0.25, 0.3) is 0 Å². The summed E-state index contributed by atoms with van der Waals surface area (Å²) in [7, 11) is 0. The van der Waals surface area contributed by atoms with Crippen LogP contribution >= 0.6 is 0 Å². The van der Waals surface area contributed by atoms with Crippen LogP contribution in [0.15, 0.2) is 54.6 Å². The predicted octanol–water partition coefficient (Wildman–Crippen LogP) is 2.48. The van der Waals surface area contributed by atoms with Crippen molar-refractivity contribution in [2.24, 2.45) is 0 Å². The lowest BCUT2D eigenvalue weighted by Crippen LogP contribution is -2.40. The second kappa shape index (κ2) is 10.4. The number of amides is 2. The van der Waals surface area contributed by atoms with Crippen molar-refractivity contribution in [3.8, 4) is 5.75 Å². The maximum Gasteiger partial charge on any atom is 0.308 e. The molecule has 3 rings (SSSR count). The van der Waals surface area contributed by atoms with Crippen LogP contribution in [-0.2, 0) is 25.5 Å². The third-order valence-electron chi connectivity index (χ3n) is 4.83. The second-order valence-electron chi connectivity index (χ2n) is 7.21. The zero-order chi connectivity index (χ0) is 21.3. The molecule has 0 aliphatic carbocycles. The SMILES string of the molecule is C[C@@H](CCc1ccccc1)NC(=O)COC(=O)CCN1C(=O)COc2ccccc21. The third kappa shape index (κ3) is 6.07. The molecule has 1 aliphatic rings. The van der Waals surface area contributed by atoms with Crippen molar-refractivity contribution in [1.29, 1.82) is 0 Å². The van der Waals surface area contributed by atoms with Gasteiger partial charge in [-0.3, -0.25) is 14.4 Å². The molecular formula is C23H26N2O5. The Hall–Kier alpha value is -3.35. The Kier molecular flexibility index (Phi) is 7.43. The Morgan fingerprint density at radius 3 is 2.67 bits per heavy atom. The summed E-state index contributed by atoms with van der Waals surface area (Å²) in [4.78, 5) is 37.7. The molecule has 1 heterocycles. The van der Waals surface area contributed by atoms with Gasteiger partial charge in [0.05, 0.1) is 12.1 Å². The van der Waals surface area contributed by atoms with Crippen LogP contribution in [0.4, 0.5) is 5.69 Å². The summed E-state index contributed by atoms with van der Waals surface area (Å²) in [5.41, 5.74) is 1.84. The fourth-order valence-corrected chi connectivity index (χ4v) is 3.24. The van der Waals surface area contributed by atoms with E-state index in [0.29, 0.717) is 11.4 Å². The van der Waals surface area contributed by atoms with E-state index < -0.39 is 5.97 Å². The van der Waals surface area contributed by atoms with Gasteiger partial charge in [-0.1, -0.05) is 42.5 Å². The first-order chi connectivity index (χ1) is 14.5. The highest BCUT2D eigenvalue weighted by atomic mass is 16.5. The minimum atomic E-state index is -0.529. The van der Waals surface area contributed by atoms with Crippen LogP contribution in [0, 0.1) is 0 Å². The van der Waals surface area contributed by atoms with E-state index in [9.17, 15) is 14.4 Å². The minimum absolute atomic E-state index is 0.00306. The van der Waals surface area contributed by atoms with Crippen LogP contribution in [0.2, 0.25) is 0 Å². The molecule has 2 aromatic rings. The monoisotopic (exact) mass is 410 g/mol. The van der Waals surface area contributed by atoms with Crippen LogP contribution < -0.4 is 15.0 Å². The summed E-state index contributed by atoms with van der Waals surface area (Å²) >= 11 is 0. The number of anilines is 1. The van der Waals surface area contributed by atoms with E-state index >= 15 is 0 Å². The molecule has 0 unspecified atom stereocenters. The number of carbonyl (C=O) groups excluding carboxylic acids is 3. The fraction of sp³-hybridized carbons (Fsp3) is 0.348. The number of hydrogen-bond donors (Lipinski definition) is 1. The Bertz CT molecular complexity index is 884. The quantitative estimate of drug-likeness (QED) is 0.642. The van der Waals surface area contributed by atoms with Gasteiger partial charge < -0.3 is 19.7 Å². The molecule has 2 aromatic carbocycles. The number of aryl methyl sites for hydroxylation is 1. The van der Waals surface area contributed by atoms with Crippen LogP contribution in [-0.4, -0.2) is 43.6 Å². The Morgan fingerprint density at radius 2 is 1.87 bits per heavy atom. The summed E-state index contributed by atoms with van der Waals surface area (Å²) in [6.45, 7) is 1.70. The molecule has 1 aliphatic heterocycles. The molecule has 1 N–H and O–H groups in total. The molecule has 0 fully saturated rings. The number of ether oxygens (including phenoxy) is 2. The highest BCUT2D eigenvalue weighted by Crippen LogP contribution is 2.31. The van der Waals surface area contributed by atoms with Gasteiger partial charge in [0.1, 0.15) is 5.75 Å². The number of fused-ring (bicyclic) bond motifs is 1. The lowest BCUT2D eigenvalue weighted by atomic mass is 10.1. The smallest absolute Gasteiger partial charge is 0.308 e. The average Bonchev–Trinajstić information content (AvgIpc) is 2.76. The third-order valence-corrected chi connectivity index (χ3v) is 4.83. The molecule has 0 saturated carbocycles. The highest BCUT2D eigenvalue weighted by molar-refractivity contribution is 5.98. The van der Waals surface area contributed by atoms with Crippen molar-refractivity contribution in [2.75, 3.05) is 24.7 Å². The molecule has 0 radical (unpaired) electrons. The zero-order valence-electron chi connectivity index (χ0n) is 17.0. The number of nitrogens with zero attached hydrogens (tertiary/aromatic N) is 1. The van der Waals surface area contributed by atoms with Crippen molar-refractivity contribution < 1.29 is 23.9 Å². The van der Waals surface area contributed by atoms with E-state index in [1.807, 2.05) is 43.3 Å². The van der Waals surface area contributed by atoms with Crippen molar-refractivity contribution in [2.45, 2.75) is 32.2 Å². The summed E-state index contributed by atoms with van der Waals surface area (Å²) < 4.78 is 10.4. The average molecular weight is 410 g/mol. The number of carbonyl (C=O) groups is 3. The molecule has 7 nitrogen and oxygen atoms in total.